The molecular weight excluding hydrogens is 164 g/mol. The monoisotopic (exact) mass is 178 g/mol. The Balaban J connectivity index is 2.03. The highest BCUT2D eigenvalue weighted by Crippen LogP contribution is 2.19. The van der Waals surface area contributed by atoms with Crippen LogP contribution >= 0.6 is 0 Å². The van der Waals surface area contributed by atoms with Gasteiger partial charge in [0.05, 0.1) is 0 Å². The fourth-order valence-electron chi connectivity index (χ4n) is 1.47. The third-order valence-corrected chi connectivity index (χ3v) is 2.36. The van der Waals surface area contributed by atoms with Gasteiger partial charge in [-0.05, 0) is 19.5 Å². The van der Waals surface area contributed by atoms with Gasteiger partial charge in [0, 0.05) is 30.9 Å². The van der Waals surface area contributed by atoms with Gasteiger partial charge in [0.1, 0.15) is 0 Å². The average Bonchev–Trinajstić information content (AvgIpc) is 2.02. The molecule has 4 heteroatoms. The van der Waals surface area contributed by atoms with Crippen LogP contribution in [-0.2, 0) is 0 Å². The Kier molecular flexibility index (Phi) is 2.14. The molecule has 1 aromatic heterocycles. The first kappa shape index (κ1) is 8.44. The molecule has 1 fully saturated rings. The number of nitrogens with two attached hydrogens (primary N) is 1. The first-order valence-electron chi connectivity index (χ1n) is 4.54. The first-order chi connectivity index (χ1) is 6.29. The number of anilines is 1. The van der Waals surface area contributed by atoms with Gasteiger partial charge in [-0.1, -0.05) is 0 Å². The molecule has 0 bridgehead atoms. The second kappa shape index (κ2) is 3.30. The van der Waals surface area contributed by atoms with Gasteiger partial charge in [-0.3, -0.25) is 0 Å². The normalized spacial score (nSPS) is 17.2. The third-order valence-electron chi connectivity index (χ3n) is 2.36. The average molecular weight is 178 g/mol. The predicted octanol–water partition coefficient (Wildman–Crippen LogP) is 0.180. The number of rotatable bonds is 2. The summed E-state index contributed by atoms with van der Waals surface area (Å²) in [6, 6.07) is 1.91. The van der Waals surface area contributed by atoms with Crippen LogP contribution in [-0.4, -0.2) is 29.6 Å². The summed E-state index contributed by atoms with van der Waals surface area (Å²) in [5.41, 5.74) is 6.55. The molecule has 70 valence electrons. The Morgan fingerprint density at radius 1 is 1.62 bits per heavy atom. The molecular formula is C9H14N4. The highest BCUT2D eigenvalue weighted by atomic mass is 15.3. The summed E-state index contributed by atoms with van der Waals surface area (Å²) in [7, 11) is 0. The fraction of sp³-hybridized carbons (Fsp3) is 0.556. The summed E-state index contributed by atoms with van der Waals surface area (Å²) in [5.74, 6) is 1.47. The van der Waals surface area contributed by atoms with Gasteiger partial charge in [-0.25, -0.2) is 9.97 Å². The number of hydrogen-bond acceptors (Lipinski definition) is 4. The molecule has 13 heavy (non-hydrogen) atoms. The molecule has 2 rings (SSSR count). The Labute approximate surface area is 77.8 Å². The van der Waals surface area contributed by atoms with Crippen LogP contribution in [0.3, 0.4) is 0 Å². The summed E-state index contributed by atoms with van der Waals surface area (Å²) in [6.07, 6.45) is 1.80. The number of aryl methyl sites for hydroxylation is 1. The largest absolute Gasteiger partial charge is 0.340 e. The van der Waals surface area contributed by atoms with Crippen molar-refractivity contribution in [2.24, 2.45) is 11.7 Å². The van der Waals surface area contributed by atoms with Crippen LogP contribution in [0.2, 0.25) is 0 Å². The quantitative estimate of drug-likeness (QED) is 0.702. The molecule has 0 aliphatic carbocycles. The second-order valence-corrected chi connectivity index (χ2v) is 3.50. The molecule has 1 saturated heterocycles. The number of aromatic nitrogens is 2. The SMILES string of the molecule is Cc1ccnc(N2CC(CN)C2)n1. The van der Waals surface area contributed by atoms with E-state index in [2.05, 4.69) is 14.9 Å². The molecule has 2 N–H and O–H groups in total. The Morgan fingerprint density at radius 2 is 2.38 bits per heavy atom. The van der Waals surface area contributed by atoms with Crippen LogP contribution in [0.4, 0.5) is 5.95 Å². The molecule has 2 heterocycles. The Bertz CT molecular complexity index is 293. The summed E-state index contributed by atoms with van der Waals surface area (Å²) in [5, 5.41) is 0. The lowest BCUT2D eigenvalue weighted by atomic mass is 10.0. The van der Waals surface area contributed by atoms with Crippen molar-refractivity contribution < 1.29 is 0 Å². The van der Waals surface area contributed by atoms with E-state index >= 15 is 0 Å². The zero-order chi connectivity index (χ0) is 9.26. The maximum absolute atomic E-state index is 5.54. The standard InChI is InChI=1S/C9H14N4/c1-7-2-3-11-9(12-7)13-5-8(4-10)6-13/h2-3,8H,4-6,10H2,1H3. The van der Waals surface area contributed by atoms with Gasteiger partial charge in [0.15, 0.2) is 0 Å². The molecule has 4 nitrogen and oxygen atoms in total. The maximum Gasteiger partial charge on any atom is 0.225 e. The van der Waals surface area contributed by atoms with Crippen LogP contribution in [0.1, 0.15) is 5.69 Å². The highest BCUT2D eigenvalue weighted by molar-refractivity contribution is 5.34. The molecule has 0 spiro atoms. The summed E-state index contributed by atoms with van der Waals surface area (Å²) < 4.78 is 0. The number of nitrogens with zero attached hydrogens (tertiary/aromatic N) is 3. The second-order valence-electron chi connectivity index (χ2n) is 3.50. The topological polar surface area (TPSA) is 55.0 Å². The summed E-state index contributed by atoms with van der Waals surface area (Å²) >= 11 is 0. The van der Waals surface area contributed by atoms with Crippen LogP contribution < -0.4 is 10.6 Å². The molecule has 0 unspecified atom stereocenters. The van der Waals surface area contributed by atoms with Gasteiger partial charge >= 0.3 is 0 Å². The van der Waals surface area contributed by atoms with Gasteiger partial charge in [-0.15, -0.1) is 0 Å². The first-order valence-corrected chi connectivity index (χ1v) is 4.54. The van der Waals surface area contributed by atoms with E-state index in [0.29, 0.717) is 5.92 Å². The van der Waals surface area contributed by atoms with E-state index in [0.717, 1.165) is 31.3 Å². The lowest BCUT2D eigenvalue weighted by molar-refractivity contribution is 0.413. The van der Waals surface area contributed by atoms with Crippen molar-refractivity contribution in [1.82, 2.24) is 9.97 Å². The van der Waals surface area contributed by atoms with E-state index in [1.807, 2.05) is 13.0 Å². The van der Waals surface area contributed by atoms with E-state index in [9.17, 15) is 0 Å². The Morgan fingerprint density at radius 3 is 3.00 bits per heavy atom. The van der Waals surface area contributed by atoms with Gasteiger partial charge in [0.2, 0.25) is 5.95 Å². The predicted molar refractivity (Wildman–Crippen MR) is 51.5 cm³/mol. The van der Waals surface area contributed by atoms with E-state index in [4.69, 9.17) is 5.73 Å². The van der Waals surface area contributed by atoms with Crippen LogP contribution in [0.25, 0.3) is 0 Å². The highest BCUT2D eigenvalue weighted by Gasteiger charge is 2.26. The summed E-state index contributed by atoms with van der Waals surface area (Å²) in [4.78, 5) is 10.7. The van der Waals surface area contributed by atoms with E-state index in [1.165, 1.54) is 0 Å². The molecule has 1 aliphatic rings. The van der Waals surface area contributed by atoms with Gasteiger partial charge in [-0.2, -0.15) is 0 Å². The van der Waals surface area contributed by atoms with E-state index in [-0.39, 0.29) is 0 Å². The minimum absolute atomic E-state index is 0.629. The van der Waals surface area contributed by atoms with Crippen molar-refractivity contribution in [2.75, 3.05) is 24.5 Å². The fourth-order valence-corrected chi connectivity index (χ4v) is 1.47. The molecule has 1 aromatic rings. The maximum atomic E-state index is 5.54. The minimum atomic E-state index is 0.629. The summed E-state index contributed by atoms with van der Waals surface area (Å²) in [6.45, 7) is 4.74. The lowest BCUT2D eigenvalue weighted by Gasteiger charge is -2.38. The molecule has 1 aliphatic heterocycles. The van der Waals surface area contributed by atoms with Crippen molar-refractivity contribution in [2.45, 2.75) is 6.92 Å². The third kappa shape index (κ3) is 1.62. The van der Waals surface area contributed by atoms with E-state index < -0.39 is 0 Å². The van der Waals surface area contributed by atoms with Gasteiger partial charge in [0.25, 0.3) is 0 Å². The molecule has 0 saturated carbocycles. The number of hydrogen-bond donors (Lipinski definition) is 1. The molecule has 0 radical (unpaired) electrons. The molecule has 0 amide bonds. The molecule has 0 atom stereocenters. The van der Waals surface area contributed by atoms with Crippen LogP contribution in [0.15, 0.2) is 12.3 Å². The lowest BCUT2D eigenvalue weighted by Crippen LogP contribution is -2.50. The van der Waals surface area contributed by atoms with Gasteiger partial charge < -0.3 is 10.6 Å². The van der Waals surface area contributed by atoms with Crippen molar-refractivity contribution >= 4 is 5.95 Å². The van der Waals surface area contributed by atoms with E-state index in [1.54, 1.807) is 6.20 Å². The molecule has 0 aromatic carbocycles. The van der Waals surface area contributed by atoms with Crippen molar-refractivity contribution in [1.29, 1.82) is 0 Å². The van der Waals surface area contributed by atoms with Crippen LogP contribution in [0.5, 0.6) is 0 Å². The van der Waals surface area contributed by atoms with Crippen molar-refractivity contribution in [3.8, 4) is 0 Å². The van der Waals surface area contributed by atoms with Crippen molar-refractivity contribution in [3.63, 3.8) is 0 Å². The zero-order valence-corrected chi connectivity index (χ0v) is 7.77. The van der Waals surface area contributed by atoms with Crippen LogP contribution in [0, 0.1) is 12.8 Å². The Hall–Kier alpha value is -1.16. The zero-order valence-electron chi connectivity index (χ0n) is 7.77. The minimum Gasteiger partial charge on any atom is -0.340 e. The van der Waals surface area contributed by atoms with Crippen molar-refractivity contribution in [3.05, 3.63) is 18.0 Å². The smallest absolute Gasteiger partial charge is 0.225 e.